The van der Waals surface area contributed by atoms with E-state index in [1.54, 1.807) is 0 Å². The van der Waals surface area contributed by atoms with Crippen LogP contribution in [0.1, 0.15) is 24.0 Å². The summed E-state index contributed by atoms with van der Waals surface area (Å²) in [5.74, 6) is 0.848. The van der Waals surface area contributed by atoms with Gasteiger partial charge < -0.3 is 10.2 Å². The molecule has 1 fully saturated rings. The number of likely N-dealkylation sites (tertiary alicyclic amines) is 1. The van der Waals surface area contributed by atoms with Crippen LogP contribution in [0.5, 0.6) is 0 Å². The minimum Gasteiger partial charge on any atom is -0.364 e. The number of benzene rings is 2. The molecule has 1 saturated heterocycles. The average Bonchev–Trinajstić information content (AvgIpc) is 2.68. The molecule has 27 heavy (non-hydrogen) atoms. The van der Waals surface area contributed by atoms with Gasteiger partial charge in [-0.05, 0) is 51.1 Å². The quantitative estimate of drug-likeness (QED) is 0.768. The van der Waals surface area contributed by atoms with Gasteiger partial charge in [0.05, 0.1) is 11.6 Å². The first kappa shape index (κ1) is 17.4. The number of hydrogen-bond acceptors (Lipinski definition) is 5. The van der Waals surface area contributed by atoms with Crippen molar-refractivity contribution in [3.63, 3.8) is 0 Å². The van der Waals surface area contributed by atoms with Gasteiger partial charge in [-0.2, -0.15) is 5.26 Å². The number of aromatic nitrogens is 2. The minimum atomic E-state index is 0.393. The number of nitriles is 1. The van der Waals surface area contributed by atoms with Gasteiger partial charge in [-0.25, -0.2) is 0 Å². The number of hydrogen-bond donors (Lipinski definition) is 1. The number of rotatable bonds is 3. The maximum atomic E-state index is 9.12. The monoisotopic (exact) mass is 357 g/mol. The normalized spacial score (nSPS) is 17.6. The van der Waals surface area contributed by atoms with Crippen LogP contribution in [0.15, 0.2) is 42.5 Å². The molecule has 1 atom stereocenters. The molecular formula is C22H23N5. The van der Waals surface area contributed by atoms with Crippen molar-refractivity contribution in [3.05, 3.63) is 53.6 Å². The zero-order valence-corrected chi connectivity index (χ0v) is 15.7. The molecule has 0 unspecified atom stereocenters. The summed E-state index contributed by atoms with van der Waals surface area (Å²) < 4.78 is 0. The van der Waals surface area contributed by atoms with E-state index in [-0.39, 0.29) is 0 Å². The lowest BCUT2D eigenvalue weighted by molar-refractivity contribution is 0.261. The van der Waals surface area contributed by atoms with Crippen molar-refractivity contribution in [2.45, 2.75) is 25.8 Å². The van der Waals surface area contributed by atoms with Gasteiger partial charge in [-0.15, -0.1) is 10.2 Å². The number of likely N-dealkylation sites (N-methyl/N-ethyl adjacent to an activating group) is 1. The van der Waals surface area contributed by atoms with E-state index in [2.05, 4.69) is 45.7 Å². The number of nitrogens with zero attached hydrogens (tertiary/aromatic N) is 4. The molecule has 0 amide bonds. The Hall–Kier alpha value is -2.97. The maximum absolute atomic E-state index is 9.12. The molecule has 136 valence electrons. The predicted octanol–water partition coefficient (Wildman–Crippen LogP) is 3.98. The average molecular weight is 357 g/mol. The third kappa shape index (κ3) is 3.49. The lowest BCUT2D eigenvalue weighted by atomic mass is 9.99. The molecule has 5 nitrogen and oxygen atoms in total. The summed E-state index contributed by atoms with van der Waals surface area (Å²) in [5.41, 5.74) is 3.57. The van der Waals surface area contributed by atoms with E-state index in [0.717, 1.165) is 52.9 Å². The van der Waals surface area contributed by atoms with E-state index >= 15 is 0 Å². The lowest BCUT2D eigenvalue weighted by Gasteiger charge is -2.30. The molecule has 0 radical (unpaired) electrons. The van der Waals surface area contributed by atoms with E-state index in [1.807, 2.05) is 37.3 Å². The first-order valence-corrected chi connectivity index (χ1v) is 9.37. The molecule has 5 heteroatoms. The van der Waals surface area contributed by atoms with Crippen molar-refractivity contribution < 1.29 is 0 Å². The van der Waals surface area contributed by atoms with Crippen LogP contribution in [-0.2, 0) is 0 Å². The maximum Gasteiger partial charge on any atom is 0.156 e. The molecule has 4 rings (SSSR count). The minimum absolute atomic E-state index is 0.393. The fourth-order valence-corrected chi connectivity index (χ4v) is 3.89. The second-order valence-electron chi connectivity index (χ2n) is 7.33. The topological polar surface area (TPSA) is 64.8 Å². The van der Waals surface area contributed by atoms with Crippen LogP contribution in [0.25, 0.3) is 22.0 Å². The molecule has 2 heterocycles. The fraction of sp³-hybridized carbons (Fsp3) is 0.318. The van der Waals surface area contributed by atoms with Crippen LogP contribution >= 0.6 is 0 Å². The first-order valence-electron chi connectivity index (χ1n) is 9.37. The van der Waals surface area contributed by atoms with Crippen molar-refractivity contribution >= 4 is 16.6 Å². The summed E-state index contributed by atoms with van der Waals surface area (Å²) in [5, 5.41) is 24.0. The van der Waals surface area contributed by atoms with E-state index < -0.39 is 0 Å². The highest BCUT2D eigenvalue weighted by Gasteiger charge is 2.19. The first-order chi connectivity index (χ1) is 13.2. The van der Waals surface area contributed by atoms with Gasteiger partial charge in [-0.3, -0.25) is 0 Å². The van der Waals surface area contributed by atoms with Crippen LogP contribution in [0.2, 0.25) is 0 Å². The third-order valence-corrected chi connectivity index (χ3v) is 5.26. The molecule has 1 aliphatic heterocycles. The third-order valence-electron chi connectivity index (χ3n) is 5.26. The largest absolute Gasteiger partial charge is 0.364 e. The summed E-state index contributed by atoms with van der Waals surface area (Å²) in [6.45, 7) is 4.19. The van der Waals surface area contributed by atoms with E-state index in [4.69, 9.17) is 5.26 Å². The van der Waals surface area contributed by atoms with Gasteiger partial charge in [0.2, 0.25) is 0 Å². The van der Waals surface area contributed by atoms with Crippen molar-refractivity contribution in [2.24, 2.45) is 0 Å². The standard InChI is InChI=1S/C22H23N5/c1-15-12-16(13-23)9-10-18(15)21-19-7-3-4-8-20(19)22(26-25-21)24-17-6-5-11-27(2)14-17/h3-4,7-10,12,17H,5-6,11,14H2,1-2H3,(H,24,26)/t17-/m1/s1. The molecule has 0 spiro atoms. The van der Waals surface area contributed by atoms with E-state index in [0.29, 0.717) is 11.6 Å². The smallest absolute Gasteiger partial charge is 0.156 e. The zero-order valence-electron chi connectivity index (χ0n) is 15.7. The van der Waals surface area contributed by atoms with Gasteiger partial charge in [0.25, 0.3) is 0 Å². The van der Waals surface area contributed by atoms with Crippen LogP contribution in [-0.4, -0.2) is 41.3 Å². The zero-order chi connectivity index (χ0) is 18.8. The Bertz CT molecular complexity index is 1020. The van der Waals surface area contributed by atoms with Gasteiger partial charge >= 0.3 is 0 Å². The summed E-state index contributed by atoms with van der Waals surface area (Å²) in [6, 6.07) is 16.5. The van der Waals surface area contributed by atoms with Crippen molar-refractivity contribution in [1.29, 1.82) is 5.26 Å². The summed E-state index contributed by atoms with van der Waals surface area (Å²) in [4.78, 5) is 2.35. The van der Waals surface area contributed by atoms with Crippen LogP contribution in [0.3, 0.4) is 0 Å². The van der Waals surface area contributed by atoms with E-state index in [9.17, 15) is 0 Å². The summed E-state index contributed by atoms with van der Waals surface area (Å²) >= 11 is 0. The van der Waals surface area contributed by atoms with Crippen LogP contribution in [0, 0.1) is 18.3 Å². The second-order valence-corrected chi connectivity index (χ2v) is 7.33. The van der Waals surface area contributed by atoms with Crippen molar-refractivity contribution in [3.8, 4) is 17.3 Å². The van der Waals surface area contributed by atoms with E-state index in [1.165, 1.54) is 6.42 Å². The molecule has 3 aromatic rings. The molecule has 1 N–H and O–H groups in total. The number of piperidine rings is 1. The Morgan fingerprint density at radius 2 is 1.96 bits per heavy atom. The summed E-state index contributed by atoms with van der Waals surface area (Å²) in [7, 11) is 2.16. The molecule has 1 aliphatic rings. The van der Waals surface area contributed by atoms with Crippen LogP contribution < -0.4 is 5.32 Å². The Labute approximate surface area is 159 Å². The molecule has 0 saturated carbocycles. The van der Waals surface area contributed by atoms with Gasteiger partial charge in [0.1, 0.15) is 5.69 Å². The molecule has 1 aromatic heterocycles. The highest BCUT2D eigenvalue weighted by atomic mass is 15.2. The highest BCUT2D eigenvalue weighted by Crippen LogP contribution is 2.32. The van der Waals surface area contributed by atoms with Crippen molar-refractivity contribution in [2.75, 3.05) is 25.5 Å². The van der Waals surface area contributed by atoms with Gasteiger partial charge in [-0.1, -0.05) is 30.3 Å². The van der Waals surface area contributed by atoms with Crippen LogP contribution in [0.4, 0.5) is 5.82 Å². The molecule has 0 aliphatic carbocycles. The number of aryl methyl sites for hydroxylation is 1. The second kappa shape index (κ2) is 7.34. The molecule has 2 aromatic carbocycles. The Morgan fingerprint density at radius 3 is 2.70 bits per heavy atom. The predicted molar refractivity (Wildman–Crippen MR) is 109 cm³/mol. The van der Waals surface area contributed by atoms with Crippen molar-refractivity contribution in [1.82, 2.24) is 15.1 Å². The number of anilines is 1. The summed E-state index contributed by atoms with van der Waals surface area (Å²) in [6.07, 6.45) is 2.35. The van der Waals surface area contributed by atoms with Gasteiger partial charge in [0.15, 0.2) is 5.82 Å². The number of fused-ring (bicyclic) bond motifs is 1. The highest BCUT2D eigenvalue weighted by molar-refractivity contribution is 6.00. The molecule has 0 bridgehead atoms. The Kier molecular flexibility index (Phi) is 4.74. The van der Waals surface area contributed by atoms with Gasteiger partial charge in [0, 0.05) is 28.9 Å². The number of nitrogens with one attached hydrogen (secondary N) is 1. The molecular weight excluding hydrogens is 334 g/mol. The Morgan fingerprint density at radius 1 is 1.15 bits per heavy atom. The lowest BCUT2D eigenvalue weighted by Crippen LogP contribution is -2.40. The SMILES string of the molecule is Cc1cc(C#N)ccc1-c1nnc(N[C@@H]2CCCN(C)C2)c2ccccc12. The Balaban J connectivity index is 1.76. The fourth-order valence-electron chi connectivity index (χ4n) is 3.89.